The van der Waals surface area contributed by atoms with Crippen molar-refractivity contribution in [2.45, 2.75) is 6.42 Å². The summed E-state index contributed by atoms with van der Waals surface area (Å²) in [5.74, 6) is 1.05. The van der Waals surface area contributed by atoms with Gasteiger partial charge in [-0.25, -0.2) is 0 Å². The molecule has 0 saturated carbocycles. The summed E-state index contributed by atoms with van der Waals surface area (Å²) in [5.41, 5.74) is 2.70. The average Bonchev–Trinajstić information content (AvgIpc) is 2.96. The highest BCUT2D eigenvalue weighted by Gasteiger charge is 2.17. The molecule has 0 amide bonds. The van der Waals surface area contributed by atoms with Crippen LogP contribution in [-0.4, -0.2) is 28.8 Å². The molecule has 6 heteroatoms. The van der Waals surface area contributed by atoms with Gasteiger partial charge in [0.05, 0.1) is 18.9 Å². The molecular weight excluding hydrogens is 366 g/mol. The lowest BCUT2D eigenvalue weighted by atomic mass is 10.0. The van der Waals surface area contributed by atoms with E-state index >= 15 is 0 Å². The van der Waals surface area contributed by atoms with Crippen LogP contribution in [0.1, 0.15) is 22.3 Å². The third-order valence-corrected chi connectivity index (χ3v) is 4.58. The molecule has 2 heterocycles. The number of carbonyl (C=O) groups excluding carboxylic acids is 1. The molecule has 0 N–H and O–H groups in total. The Hall–Kier alpha value is -3.85. The maximum absolute atomic E-state index is 12.7. The summed E-state index contributed by atoms with van der Waals surface area (Å²) in [6, 6.07) is 16.4. The molecule has 1 aliphatic heterocycles. The SMILES string of the molecule is Cn1cc(/C=C(\C#N)C(=O)c2ccccc2)c(-c2ccc3c(c2)OCCCO3)n1. The second kappa shape index (κ2) is 8.03. The standard InChI is InChI=1S/C23H19N3O3/c1-26-15-19(12-18(14-24)23(27)16-6-3-2-4-7-16)22(25-26)17-8-9-20-21(13-17)29-11-5-10-28-20/h2-4,6-9,12-13,15H,5,10-11H2,1H3/b18-12+. The van der Waals surface area contributed by atoms with Crippen LogP contribution >= 0.6 is 0 Å². The van der Waals surface area contributed by atoms with Crippen molar-refractivity contribution in [2.24, 2.45) is 7.05 Å². The first kappa shape index (κ1) is 18.5. The zero-order chi connectivity index (χ0) is 20.2. The number of benzene rings is 2. The van der Waals surface area contributed by atoms with E-state index in [1.807, 2.05) is 30.3 Å². The highest BCUT2D eigenvalue weighted by molar-refractivity contribution is 6.14. The summed E-state index contributed by atoms with van der Waals surface area (Å²) in [6.45, 7) is 1.21. The monoisotopic (exact) mass is 385 g/mol. The van der Waals surface area contributed by atoms with Crippen molar-refractivity contribution >= 4 is 11.9 Å². The highest BCUT2D eigenvalue weighted by Crippen LogP contribution is 2.35. The molecule has 0 unspecified atom stereocenters. The second-order valence-electron chi connectivity index (χ2n) is 6.68. The van der Waals surface area contributed by atoms with Gasteiger partial charge in [-0.2, -0.15) is 10.4 Å². The number of aryl methyl sites for hydroxylation is 1. The van der Waals surface area contributed by atoms with Crippen molar-refractivity contribution in [1.29, 1.82) is 5.26 Å². The van der Waals surface area contributed by atoms with Gasteiger partial charge < -0.3 is 9.47 Å². The van der Waals surface area contributed by atoms with Crippen LogP contribution < -0.4 is 9.47 Å². The Labute approximate surface area is 168 Å². The van der Waals surface area contributed by atoms with Crippen molar-refractivity contribution in [3.63, 3.8) is 0 Å². The van der Waals surface area contributed by atoms with E-state index in [1.54, 1.807) is 48.3 Å². The van der Waals surface area contributed by atoms with Crippen molar-refractivity contribution in [2.75, 3.05) is 13.2 Å². The van der Waals surface area contributed by atoms with Gasteiger partial charge in [-0.05, 0) is 24.3 Å². The van der Waals surface area contributed by atoms with Crippen molar-refractivity contribution in [1.82, 2.24) is 9.78 Å². The molecule has 29 heavy (non-hydrogen) atoms. The number of rotatable bonds is 4. The number of ketones is 1. The molecule has 0 spiro atoms. The number of nitrogens with zero attached hydrogens (tertiary/aromatic N) is 3. The molecule has 0 saturated heterocycles. The van der Waals surface area contributed by atoms with E-state index in [0.717, 1.165) is 12.0 Å². The Morgan fingerprint density at radius 2 is 1.90 bits per heavy atom. The minimum atomic E-state index is -0.318. The molecule has 144 valence electrons. The van der Waals surface area contributed by atoms with Gasteiger partial charge in [0.25, 0.3) is 0 Å². The summed E-state index contributed by atoms with van der Waals surface area (Å²) in [7, 11) is 1.80. The number of fused-ring (bicyclic) bond motifs is 1. The molecule has 1 aromatic heterocycles. The fourth-order valence-electron chi connectivity index (χ4n) is 3.20. The normalized spacial score (nSPS) is 13.4. The first-order valence-corrected chi connectivity index (χ1v) is 9.31. The van der Waals surface area contributed by atoms with E-state index in [2.05, 4.69) is 5.10 Å². The highest BCUT2D eigenvalue weighted by atomic mass is 16.5. The number of nitriles is 1. The number of allylic oxidation sites excluding steroid dienone is 1. The Balaban J connectivity index is 1.74. The van der Waals surface area contributed by atoms with Gasteiger partial charge in [0, 0.05) is 36.4 Å². The number of hydrogen-bond donors (Lipinski definition) is 0. The summed E-state index contributed by atoms with van der Waals surface area (Å²) in [4.78, 5) is 12.7. The van der Waals surface area contributed by atoms with E-state index in [4.69, 9.17) is 9.47 Å². The molecule has 0 bridgehead atoms. The minimum absolute atomic E-state index is 0.0554. The Bertz CT molecular complexity index is 1120. The van der Waals surface area contributed by atoms with Crippen LogP contribution in [0.15, 0.2) is 60.3 Å². The van der Waals surface area contributed by atoms with E-state index in [1.165, 1.54) is 0 Å². The quantitative estimate of drug-likeness (QED) is 0.385. The van der Waals surface area contributed by atoms with Crippen LogP contribution in [0.25, 0.3) is 17.3 Å². The zero-order valence-electron chi connectivity index (χ0n) is 16.0. The van der Waals surface area contributed by atoms with Crippen LogP contribution in [0, 0.1) is 11.3 Å². The van der Waals surface area contributed by atoms with Crippen molar-refractivity contribution in [3.8, 4) is 28.8 Å². The molecule has 0 fully saturated rings. The van der Waals surface area contributed by atoms with Gasteiger partial charge in [-0.15, -0.1) is 0 Å². The average molecular weight is 385 g/mol. The zero-order valence-corrected chi connectivity index (χ0v) is 16.0. The van der Waals surface area contributed by atoms with Crippen LogP contribution in [-0.2, 0) is 7.05 Å². The van der Waals surface area contributed by atoms with Gasteiger partial charge in [0.1, 0.15) is 11.6 Å². The number of carbonyl (C=O) groups is 1. The topological polar surface area (TPSA) is 77.1 Å². The summed E-state index contributed by atoms with van der Waals surface area (Å²) < 4.78 is 13.1. The Morgan fingerprint density at radius 1 is 1.14 bits per heavy atom. The first-order valence-electron chi connectivity index (χ1n) is 9.31. The second-order valence-corrected chi connectivity index (χ2v) is 6.68. The molecule has 0 radical (unpaired) electrons. The molecular formula is C23H19N3O3. The summed E-state index contributed by atoms with van der Waals surface area (Å²) >= 11 is 0. The molecule has 6 nitrogen and oxygen atoms in total. The number of hydrogen-bond acceptors (Lipinski definition) is 5. The summed E-state index contributed by atoms with van der Waals surface area (Å²) in [6.07, 6.45) is 4.20. The first-order chi connectivity index (χ1) is 14.2. The Morgan fingerprint density at radius 3 is 2.66 bits per heavy atom. The van der Waals surface area contributed by atoms with Crippen LogP contribution in [0.3, 0.4) is 0 Å². The predicted octanol–water partition coefficient (Wildman–Crippen LogP) is 4.04. The molecule has 1 aliphatic rings. The minimum Gasteiger partial charge on any atom is -0.490 e. The van der Waals surface area contributed by atoms with Gasteiger partial charge in [0.2, 0.25) is 5.78 Å². The Kier molecular flexibility index (Phi) is 5.12. The van der Waals surface area contributed by atoms with Gasteiger partial charge in [-0.3, -0.25) is 9.48 Å². The maximum atomic E-state index is 12.7. The lowest BCUT2D eigenvalue weighted by Crippen LogP contribution is -2.01. The smallest absolute Gasteiger partial charge is 0.203 e. The molecule has 2 aromatic carbocycles. The van der Waals surface area contributed by atoms with Gasteiger partial charge in [0.15, 0.2) is 11.5 Å². The van der Waals surface area contributed by atoms with Crippen LogP contribution in [0.5, 0.6) is 11.5 Å². The van der Waals surface area contributed by atoms with E-state index in [-0.39, 0.29) is 11.4 Å². The third kappa shape index (κ3) is 3.90. The lowest BCUT2D eigenvalue weighted by molar-refractivity contribution is 0.104. The van der Waals surface area contributed by atoms with Crippen molar-refractivity contribution < 1.29 is 14.3 Å². The lowest BCUT2D eigenvalue weighted by Gasteiger charge is -2.09. The molecule has 4 rings (SSSR count). The van der Waals surface area contributed by atoms with E-state index in [0.29, 0.717) is 41.5 Å². The predicted molar refractivity (Wildman–Crippen MR) is 109 cm³/mol. The van der Waals surface area contributed by atoms with Gasteiger partial charge >= 0.3 is 0 Å². The fraction of sp³-hybridized carbons (Fsp3) is 0.174. The van der Waals surface area contributed by atoms with Crippen molar-refractivity contribution in [3.05, 3.63) is 71.4 Å². The van der Waals surface area contributed by atoms with Gasteiger partial charge in [-0.1, -0.05) is 30.3 Å². The number of aromatic nitrogens is 2. The van der Waals surface area contributed by atoms with Crippen LogP contribution in [0.2, 0.25) is 0 Å². The summed E-state index contributed by atoms with van der Waals surface area (Å²) in [5, 5.41) is 14.1. The molecule has 0 atom stereocenters. The number of Topliss-reactive ketones (excluding diaryl/α,β-unsaturated/α-hetero) is 1. The van der Waals surface area contributed by atoms with E-state index < -0.39 is 0 Å². The largest absolute Gasteiger partial charge is 0.490 e. The van der Waals surface area contributed by atoms with Crippen LogP contribution in [0.4, 0.5) is 0 Å². The fourth-order valence-corrected chi connectivity index (χ4v) is 3.20. The van der Waals surface area contributed by atoms with E-state index in [9.17, 15) is 10.1 Å². The third-order valence-electron chi connectivity index (χ3n) is 4.58. The number of ether oxygens (including phenoxy) is 2. The maximum Gasteiger partial charge on any atom is 0.203 e. The molecule has 0 aliphatic carbocycles. The molecule has 3 aromatic rings.